The van der Waals surface area contributed by atoms with Crippen LogP contribution in [0.4, 0.5) is 0 Å². The van der Waals surface area contributed by atoms with E-state index in [0.29, 0.717) is 0 Å². The molecule has 0 rings (SSSR count). The molecule has 0 unspecified atom stereocenters. The lowest BCUT2D eigenvalue weighted by atomic mass is 10.1. The highest BCUT2D eigenvalue weighted by molar-refractivity contribution is 6.01. The summed E-state index contributed by atoms with van der Waals surface area (Å²) in [5, 5.41) is 104. The molecule has 0 aliphatic rings. The number of nitrogens with one attached hydrogen (secondary N) is 10. The third-order valence-electron chi connectivity index (χ3n) is 10.3. The molecule has 21 N–H and O–H groups in total. The molecule has 0 aliphatic carbocycles. The van der Waals surface area contributed by atoms with Crippen LogP contribution in [0.2, 0.25) is 0 Å². The summed E-state index contributed by atoms with van der Waals surface area (Å²) in [6, 6.07) is -20.5. The maximum absolute atomic E-state index is 13.6. The number of primary amides is 1. The van der Waals surface area contributed by atoms with Gasteiger partial charge in [0.15, 0.2) is 0 Å². The van der Waals surface area contributed by atoms with Crippen LogP contribution in [0.15, 0.2) is 0 Å². The number of hydrogen-bond acceptors (Lipinski definition) is 20. The topological polar surface area (TPSA) is 636 Å². The molecule has 0 aliphatic heterocycles. The first kappa shape index (κ1) is 70.4. The van der Waals surface area contributed by atoms with Crippen molar-refractivity contribution in [2.45, 2.75) is 138 Å². The van der Waals surface area contributed by atoms with Crippen LogP contribution in [0.25, 0.3) is 0 Å². The first-order valence-electron chi connectivity index (χ1n) is 23.2. The van der Waals surface area contributed by atoms with Gasteiger partial charge in [-0.15, -0.1) is 0 Å². The maximum atomic E-state index is 13.6. The fraction of sp³-hybridized carbons (Fsp3) is 0.571. The van der Waals surface area contributed by atoms with Gasteiger partial charge in [0.1, 0.15) is 60.4 Å². The van der Waals surface area contributed by atoms with Crippen molar-refractivity contribution in [2.75, 3.05) is 13.2 Å². The summed E-state index contributed by atoms with van der Waals surface area (Å²) in [7, 11) is 0. The highest BCUT2D eigenvalue weighted by atomic mass is 16.4. The summed E-state index contributed by atoms with van der Waals surface area (Å²) in [6.45, 7) is -0.794. The van der Waals surface area contributed by atoms with Crippen molar-refractivity contribution >= 4 is 107 Å². The van der Waals surface area contributed by atoms with Gasteiger partial charge in [-0.05, 0) is 26.2 Å². The lowest BCUT2D eigenvalue weighted by molar-refractivity contribution is -0.143. The molecule has 446 valence electrons. The number of carbonyl (C=O) groups is 18. The van der Waals surface area contributed by atoms with E-state index in [0.717, 1.165) is 13.8 Å². The minimum absolute atomic E-state index is 0.685. The highest BCUT2D eigenvalue weighted by Crippen LogP contribution is 2.08. The molecule has 10 atom stereocenters. The SMILES string of the molecule is CC(=O)N[C@H](CC(=O)O)C(=O)N[C@H](CO)C(=O)N[C@H](CCC(=O)O)C(=O)N[C@H](CC(=O)O)C(=O)N[C@H](CC(N)=O)C(=O)N[C@H](CO)C(=O)N[C@H](CC(=O)O)C(=O)N[C@H](CCC(=O)O)C(=O)N[C@H](CCC(=O)O)C(=O)N[C@H](C)C(=O)O. The zero-order valence-electron chi connectivity index (χ0n) is 42.2. The Morgan fingerprint density at radius 2 is 0.550 bits per heavy atom. The number of carboxylic acid groups (broad SMARTS) is 7. The molecule has 0 radical (unpaired) electrons. The predicted octanol–water partition coefficient (Wildman–Crippen LogP) is -10.2. The Morgan fingerprint density at radius 1 is 0.325 bits per heavy atom. The monoisotopic (exact) mass is 1150 g/mol. The summed E-state index contributed by atoms with van der Waals surface area (Å²) in [4.78, 5) is 223. The fourth-order valence-electron chi connectivity index (χ4n) is 6.36. The van der Waals surface area contributed by atoms with E-state index >= 15 is 0 Å². The van der Waals surface area contributed by atoms with Gasteiger partial charge in [0.05, 0.1) is 38.9 Å². The van der Waals surface area contributed by atoms with Crippen molar-refractivity contribution in [2.24, 2.45) is 5.73 Å². The molecule has 80 heavy (non-hydrogen) atoms. The minimum atomic E-state index is -2.32. The normalized spacial score (nSPS) is 14.4. The van der Waals surface area contributed by atoms with Crippen molar-refractivity contribution in [1.29, 1.82) is 0 Å². The third-order valence-corrected chi connectivity index (χ3v) is 10.3. The average molecular weight is 1150 g/mol. The fourth-order valence-corrected chi connectivity index (χ4v) is 6.36. The molecular formula is C42H61N11O27. The first-order valence-corrected chi connectivity index (χ1v) is 23.2. The molecule has 0 saturated carbocycles. The minimum Gasteiger partial charge on any atom is -0.481 e. The van der Waals surface area contributed by atoms with E-state index in [4.69, 9.17) is 21.1 Å². The van der Waals surface area contributed by atoms with Gasteiger partial charge in [0.25, 0.3) is 0 Å². The van der Waals surface area contributed by atoms with Gasteiger partial charge in [0, 0.05) is 26.2 Å². The summed E-state index contributed by atoms with van der Waals surface area (Å²) in [6.07, 6.45) is -9.98. The second-order valence-corrected chi connectivity index (χ2v) is 16.9. The zero-order valence-corrected chi connectivity index (χ0v) is 42.2. The van der Waals surface area contributed by atoms with Crippen LogP contribution in [-0.2, 0) is 86.3 Å². The standard InChI is InChI=1S/C42H61N11O27/c1-15(42(79)80)44-33(70)17(3-6-27(58)59)46-34(71)18(4-7-28(60)61)47-38(75)22(11-31(66)67)51-41(78)25(14-55)52-36(73)20(9-26(43)57)49-39(76)23(12-32(68)69)50-35(72)19(5-8-29(62)63)48-40(77)24(13-54)53-37(74)21(10-30(64)65)45-16(2)56/h15,17-25,54-55H,3-14H2,1-2H3,(H2,43,57)(H,44,70)(H,45,56)(H,46,71)(H,47,75)(H,48,77)(H,49,76)(H,50,72)(H,51,78)(H,52,73)(H,53,74)(H,58,59)(H,60,61)(H,62,63)(H,64,65)(H,66,67)(H,68,69)(H,79,80)/t15-,17-,18-,19-,20-,21-,22-,23-,24-,25-/m1/s1. The van der Waals surface area contributed by atoms with Crippen molar-refractivity contribution in [3.63, 3.8) is 0 Å². The molecule has 0 fully saturated rings. The van der Waals surface area contributed by atoms with Gasteiger partial charge in [0.2, 0.25) is 65.0 Å². The zero-order chi connectivity index (χ0) is 61.7. The van der Waals surface area contributed by atoms with E-state index in [-0.39, 0.29) is 0 Å². The second-order valence-electron chi connectivity index (χ2n) is 16.9. The number of hydrogen-bond donors (Lipinski definition) is 20. The van der Waals surface area contributed by atoms with Crippen LogP contribution in [0.1, 0.15) is 78.1 Å². The summed E-state index contributed by atoms with van der Waals surface area (Å²) in [5.74, 6) is -27.2. The number of amides is 11. The van der Waals surface area contributed by atoms with Gasteiger partial charge < -0.3 is 105 Å². The molecule has 11 amide bonds. The molecule has 0 saturated heterocycles. The molecule has 0 spiro atoms. The number of aliphatic hydroxyl groups excluding tert-OH is 2. The van der Waals surface area contributed by atoms with E-state index in [1.165, 1.54) is 0 Å². The molecule has 38 nitrogen and oxygen atoms in total. The molecule has 0 bridgehead atoms. The van der Waals surface area contributed by atoms with Gasteiger partial charge in [-0.1, -0.05) is 0 Å². The average Bonchev–Trinajstić information content (AvgIpc) is 3.33. The number of nitrogens with two attached hydrogens (primary N) is 1. The van der Waals surface area contributed by atoms with Crippen molar-refractivity contribution < 1.29 is 132 Å². The summed E-state index contributed by atoms with van der Waals surface area (Å²) < 4.78 is 0. The van der Waals surface area contributed by atoms with Crippen LogP contribution >= 0.6 is 0 Å². The Bertz CT molecular complexity index is 2370. The Labute approximate surface area is 449 Å². The summed E-state index contributed by atoms with van der Waals surface area (Å²) in [5.41, 5.74) is 5.21. The van der Waals surface area contributed by atoms with Gasteiger partial charge in [-0.2, -0.15) is 0 Å². The van der Waals surface area contributed by atoms with Gasteiger partial charge >= 0.3 is 41.8 Å². The maximum Gasteiger partial charge on any atom is 0.325 e. The van der Waals surface area contributed by atoms with Crippen LogP contribution in [0, 0.1) is 0 Å². The lowest BCUT2D eigenvalue weighted by Gasteiger charge is -2.27. The largest absolute Gasteiger partial charge is 0.481 e. The summed E-state index contributed by atoms with van der Waals surface area (Å²) >= 11 is 0. The van der Waals surface area contributed by atoms with E-state index < -0.39 is 245 Å². The molecule has 0 heterocycles. The van der Waals surface area contributed by atoms with E-state index in [1.807, 2.05) is 53.2 Å². The number of carbonyl (C=O) groups excluding carboxylic acids is 11. The van der Waals surface area contributed by atoms with Crippen LogP contribution in [0.5, 0.6) is 0 Å². The molecule has 38 heteroatoms. The van der Waals surface area contributed by atoms with E-state index in [2.05, 4.69) is 0 Å². The smallest absolute Gasteiger partial charge is 0.325 e. The third kappa shape index (κ3) is 28.0. The van der Waals surface area contributed by atoms with Crippen LogP contribution in [0.3, 0.4) is 0 Å². The van der Waals surface area contributed by atoms with Crippen LogP contribution in [-0.4, -0.2) is 226 Å². The van der Waals surface area contributed by atoms with Crippen LogP contribution < -0.4 is 58.9 Å². The highest BCUT2D eigenvalue weighted by Gasteiger charge is 2.37. The number of aliphatic hydroxyl groups is 2. The Kier molecular flexibility index (Phi) is 30.7. The Balaban J connectivity index is 6.69. The lowest BCUT2D eigenvalue weighted by Crippen LogP contribution is -2.61. The quantitative estimate of drug-likeness (QED) is 0.0272. The number of rotatable bonds is 39. The molecule has 0 aromatic rings. The van der Waals surface area contributed by atoms with Crippen molar-refractivity contribution in [3.8, 4) is 0 Å². The molecular weight excluding hydrogens is 1090 g/mol. The first-order chi connectivity index (χ1) is 37.1. The molecule has 0 aromatic heterocycles. The van der Waals surface area contributed by atoms with Crippen molar-refractivity contribution in [1.82, 2.24) is 53.2 Å². The van der Waals surface area contributed by atoms with Gasteiger partial charge in [-0.25, -0.2) is 0 Å². The van der Waals surface area contributed by atoms with Gasteiger partial charge in [-0.3, -0.25) is 86.3 Å². The molecule has 0 aromatic carbocycles. The van der Waals surface area contributed by atoms with Crippen molar-refractivity contribution in [3.05, 3.63) is 0 Å². The Morgan fingerprint density at radius 3 is 0.787 bits per heavy atom. The number of aliphatic carboxylic acids is 7. The van der Waals surface area contributed by atoms with E-state index in [1.54, 1.807) is 0 Å². The second kappa shape index (κ2) is 34.9. The number of carboxylic acids is 7. The Hall–Kier alpha value is -9.62. The predicted molar refractivity (Wildman–Crippen MR) is 254 cm³/mol. The van der Waals surface area contributed by atoms with E-state index in [9.17, 15) is 117 Å².